The van der Waals surface area contributed by atoms with Gasteiger partial charge in [-0.25, -0.2) is 0 Å². The van der Waals surface area contributed by atoms with E-state index in [1.165, 1.54) is 12.5 Å². The van der Waals surface area contributed by atoms with Gasteiger partial charge < -0.3 is 9.84 Å². The van der Waals surface area contributed by atoms with E-state index in [9.17, 15) is 4.79 Å². The molecular weight excluding hydrogens is 204 g/mol. The molecule has 0 saturated carbocycles. The van der Waals surface area contributed by atoms with E-state index in [4.69, 9.17) is 9.84 Å². The predicted octanol–water partition coefficient (Wildman–Crippen LogP) is 2.11. The van der Waals surface area contributed by atoms with E-state index >= 15 is 0 Å². The Morgan fingerprint density at radius 1 is 1.31 bits per heavy atom. The van der Waals surface area contributed by atoms with Gasteiger partial charge in [-0.15, -0.1) is 0 Å². The monoisotopic (exact) mass is 222 g/mol. The average molecular weight is 222 g/mol. The lowest BCUT2D eigenvalue weighted by molar-refractivity contribution is -0.141. The first-order valence-corrected chi connectivity index (χ1v) is 5.53. The van der Waals surface area contributed by atoms with Crippen LogP contribution in [0, 0.1) is 0 Å². The molecule has 1 aromatic rings. The standard InChI is InChI=1S/C13H18O3/c1-11(15)16-10-8-13(7-9-14)12-5-3-2-4-6-12/h2-6,13-14H,7-10H2,1H3/t13-/m0/s1. The zero-order chi connectivity index (χ0) is 11.8. The fourth-order valence-corrected chi connectivity index (χ4v) is 1.70. The molecule has 3 heteroatoms. The first kappa shape index (κ1) is 12.7. The molecule has 0 radical (unpaired) electrons. The van der Waals surface area contributed by atoms with Crippen LogP contribution in [0.3, 0.4) is 0 Å². The number of aliphatic hydroxyl groups excluding tert-OH is 1. The predicted molar refractivity (Wildman–Crippen MR) is 62.1 cm³/mol. The molecule has 0 aliphatic heterocycles. The van der Waals surface area contributed by atoms with Gasteiger partial charge in [0.2, 0.25) is 0 Å². The smallest absolute Gasteiger partial charge is 0.302 e. The highest BCUT2D eigenvalue weighted by Crippen LogP contribution is 2.22. The summed E-state index contributed by atoms with van der Waals surface area (Å²) in [5.74, 6) is 0.00126. The molecule has 0 bridgehead atoms. The van der Waals surface area contributed by atoms with Crippen molar-refractivity contribution in [2.45, 2.75) is 25.7 Å². The lowest BCUT2D eigenvalue weighted by atomic mass is 9.93. The minimum atomic E-state index is -0.254. The topological polar surface area (TPSA) is 46.5 Å². The molecule has 16 heavy (non-hydrogen) atoms. The normalized spacial score (nSPS) is 12.1. The summed E-state index contributed by atoms with van der Waals surface area (Å²) < 4.78 is 4.92. The molecule has 1 atom stereocenters. The van der Waals surface area contributed by atoms with Gasteiger partial charge in [0.1, 0.15) is 0 Å². The van der Waals surface area contributed by atoms with Gasteiger partial charge in [0.25, 0.3) is 0 Å². The number of hydrogen-bond donors (Lipinski definition) is 1. The molecule has 0 aliphatic carbocycles. The van der Waals surface area contributed by atoms with Gasteiger partial charge in [0.15, 0.2) is 0 Å². The Bertz CT molecular complexity index is 308. The van der Waals surface area contributed by atoms with Crippen molar-refractivity contribution < 1.29 is 14.6 Å². The number of hydrogen-bond acceptors (Lipinski definition) is 3. The fourth-order valence-electron chi connectivity index (χ4n) is 1.70. The maximum atomic E-state index is 10.6. The third kappa shape index (κ3) is 4.45. The zero-order valence-electron chi connectivity index (χ0n) is 9.56. The Labute approximate surface area is 96.1 Å². The molecule has 0 heterocycles. The van der Waals surface area contributed by atoms with Crippen molar-refractivity contribution in [3.8, 4) is 0 Å². The van der Waals surface area contributed by atoms with E-state index in [1.807, 2.05) is 30.3 Å². The number of carbonyl (C=O) groups is 1. The number of ether oxygens (including phenoxy) is 1. The van der Waals surface area contributed by atoms with Crippen LogP contribution in [0.5, 0.6) is 0 Å². The minimum absolute atomic E-state index is 0.152. The van der Waals surface area contributed by atoms with E-state index in [1.54, 1.807) is 0 Å². The molecule has 0 fully saturated rings. The lowest BCUT2D eigenvalue weighted by Gasteiger charge is -2.15. The van der Waals surface area contributed by atoms with Crippen molar-refractivity contribution in [2.75, 3.05) is 13.2 Å². The van der Waals surface area contributed by atoms with Gasteiger partial charge in [-0.1, -0.05) is 30.3 Å². The van der Waals surface area contributed by atoms with Crippen LogP contribution in [0.15, 0.2) is 30.3 Å². The highest BCUT2D eigenvalue weighted by Gasteiger charge is 2.11. The molecule has 88 valence electrons. The molecule has 3 nitrogen and oxygen atoms in total. The van der Waals surface area contributed by atoms with Gasteiger partial charge in [-0.2, -0.15) is 0 Å². The van der Waals surface area contributed by atoms with Crippen molar-refractivity contribution in [2.24, 2.45) is 0 Å². The maximum Gasteiger partial charge on any atom is 0.302 e. The lowest BCUT2D eigenvalue weighted by Crippen LogP contribution is -2.08. The number of rotatable bonds is 6. The number of carbonyl (C=O) groups excluding carboxylic acids is 1. The molecule has 0 saturated heterocycles. The van der Waals surface area contributed by atoms with Crippen LogP contribution in [-0.4, -0.2) is 24.3 Å². The van der Waals surface area contributed by atoms with Crippen molar-refractivity contribution in [1.29, 1.82) is 0 Å². The Balaban J connectivity index is 2.51. The number of aliphatic hydroxyl groups is 1. The van der Waals surface area contributed by atoms with E-state index in [-0.39, 0.29) is 18.5 Å². The van der Waals surface area contributed by atoms with Crippen LogP contribution >= 0.6 is 0 Å². The molecule has 1 aromatic carbocycles. The second-order valence-electron chi connectivity index (χ2n) is 3.75. The van der Waals surface area contributed by atoms with Gasteiger partial charge in [0, 0.05) is 13.5 Å². The molecular formula is C13H18O3. The summed E-state index contributed by atoms with van der Waals surface area (Å²) in [6.45, 7) is 1.97. The molecule has 0 unspecified atom stereocenters. The summed E-state index contributed by atoms with van der Waals surface area (Å²) in [5.41, 5.74) is 1.18. The quantitative estimate of drug-likeness (QED) is 0.750. The summed E-state index contributed by atoms with van der Waals surface area (Å²) in [7, 11) is 0. The first-order valence-electron chi connectivity index (χ1n) is 5.53. The Kier molecular flexibility index (Phi) is 5.57. The Hall–Kier alpha value is -1.35. The maximum absolute atomic E-state index is 10.6. The van der Waals surface area contributed by atoms with Crippen LogP contribution in [0.1, 0.15) is 31.2 Å². The van der Waals surface area contributed by atoms with E-state index in [2.05, 4.69) is 0 Å². The van der Waals surface area contributed by atoms with Gasteiger partial charge in [-0.05, 0) is 24.3 Å². The highest BCUT2D eigenvalue weighted by molar-refractivity contribution is 5.65. The third-order valence-corrected chi connectivity index (χ3v) is 2.52. The van der Waals surface area contributed by atoms with Crippen molar-refractivity contribution >= 4 is 5.97 Å². The Morgan fingerprint density at radius 3 is 2.56 bits per heavy atom. The van der Waals surface area contributed by atoms with E-state index < -0.39 is 0 Å². The second-order valence-corrected chi connectivity index (χ2v) is 3.75. The largest absolute Gasteiger partial charge is 0.466 e. The van der Waals surface area contributed by atoms with Gasteiger partial charge in [-0.3, -0.25) is 4.79 Å². The van der Waals surface area contributed by atoms with Crippen molar-refractivity contribution in [3.63, 3.8) is 0 Å². The summed E-state index contributed by atoms with van der Waals surface area (Å²) in [5, 5.41) is 9.00. The van der Waals surface area contributed by atoms with Crippen LogP contribution in [0.25, 0.3) is 0 Å². The Morgan fingerprint density at radius 2 is 2.00 bits per heavy atom. The third-order valence-electron chi connectivity index (χ3n) is 2.52. The van der Waals surface area contributed by atoms with Gasteiger partial charge >= 0.3 is 5.97 Å². The summed E-state index contributed by atoms with van der Waals surface area (Å²) in [6.07, 6.45) is 1.45. The molecule has 1 N–H and O–H groups in total. The van der Waals surface area contributed by atoms with E-state index in [0.29, 0.717) is 13.0 Å². The number of esters is 1. The molecule has 0 spiro atoms. The molecule has 1 rings (SSSR count). The molecule has 0 amide bonds. The average Bonchev–Trinajstić information content (AvgIpc) is 2.29. The van der Waals surface area contributed by atoms with Crippen molar-refractivity contribution in [1.82, 2.24) is 0 Å². The van der Waals surface area contributed by atoms with Crippen LogP contribution in [0.4, 0.5) is 0 Å². The van der Waals surface area contributed by atoms with Gasteiger partial charge in [0.05, 0.1) is 6.61 Å². The highest BCUT2D eigenvalue weighted by atomic mass is 16.5. The molecule has 0 aliphatic rings. The number of benzene rings is 1. The van der Waals surface area contributed by atoms with Crippen molar-refractivity contribution in [3.05, 3.63) is 35.9 Å². The van der Waals surface area contributed by atoms with E-state index in [0.717, 1.165) is 6.42 Å². The summed E-state index contributed by atoms with van der Waals surface area (Å²) in [4.78, 5) is 10.6. The molecule has 0 aromatic heterocycles. The zero-order valence-corrected chi connectivity index (χ0v) is 9.56. The second kappa shape index (κ2) is 7.01. The van der Waals surface area contributed by atoms with Crippen LogP contribution < -0.4 is 0 Å². The summed E-state index contributed by atoms with van der Waals surface area (Å²) in [6, 6.07) is 9.99. The fraction of sp³-hybridized carbons (Fsp3) is 0.462. The summed E-state index contributed by atoms with van der Waals surface area (Å²) >= 11 is 0. The first-order chi connectivity index (χ1) is 7.74. The van der Waals surface area contributed by atoms with Crippen LogP contribution in [-0.2, 0) is 9.53 Å². The minimum Gasteiger partial charge on any atom is -0.466 e. The SMILES string of the molecule is CC(=O)OCC[C@H](CCO)c1ccccc1. The van der Waals surface area contributed by atoms with Crippen LogP contribution in [0.2, 0.25) is 0 Å².